The maximum absolute atomic E-state index is 11.8. The molecule has 0 aliphatic heterocycles. The Kier molecular flexibility index (Phi) is 6.58. The van der Waals surface area contributed by atoms with Crippen LogP contribution in [0.4, 0.5) is 0 Å². The maximum atomic E-state index is 11.8. The number of esters is 1. The second-order valence-electron chi connectivity index (χ2n) is 6.25. The number of halogens is 2. The molecule has 1 aliphatic carbocycles. The Labute approximate surface area is 167 Å². The highest BCUT2D eigenvalue weighted by molar-refractivity contribution is 6.35. The number of rotatable bonds is 7. The summed E-state index contributed by atoms with van der Waals surface area (Å²) in [6, 6.07) is 10.8. The van der Waals surface area contributed by atoms with Gasteiger partial charge in [0, 0.05) is 16.6 Å². The Morgan fingerprint density at radius 3 is 2.63 bits per heavy atom. The number of hydrogen-bond acceptors (Lipinski definition) is 4. The predicted octanol–water partition coefficient (Wildman–Crippen LogP) is 3.72. The van der Waals surface area contributed by atoms with Crippen LogP contribution in [0.1, 0.15) is 23.1 Å². The Morgan fingerprint density at radius 2 is 1.81 bits per heavy atom. The van der Waals surface area contributed by atoms with Crippen molar-refractivity contribution in [1.82, 2.24) is 5.32 Å². The van der Waals surface area contributed by atoms with Gasteiger partial charge in [0.1, 0.15) is 5.75 Å². The van der Waals surface area contributed by atoms with Crippen molar-refractivity contribution in [3.8, 4) is 5.75 Å². The zero-order chi connectivity index (χ0) is 19.2. The molecule has 1 aliphatic rings. The van der Waals surface area contributed by atoms with Crippen LogP contribution in [0.15, 0.2) is 36.4 Å². The lowest BCUT2D eigenvalue weighted by Crippen LogP contribution is -2.29. The zero-order valence-corrected chi connectivity index (χ0v) is 16.1. The number of amides is 1. The third-order valence-corrected chi connectivity index (χ3v) is 4.87. The van der Waals surface area contributed by atoms with Crippen LogP contribution in [-0.2, 0) is 33.7 Å². The summed E-state index contributed by atoms with van der Waals surface area (Å²) in [4.78, 5) is 23.6. The summed E-state index contributed by atoms with van der Waals surface area (Å²) in [5, 5.41) is 3.61. The van der Waals surface area contributed by atoms with Crippen LogP contribution in [0.25, 0.3) is 0 Å². The van der Waals surface area contributed by atoms with Gasteiger partial charge in [-0.1, -0.05) is 35.3 Å². The molecule has 27 heavy (non-hydrogen) atoms. The summed E-state index contributed by atoms with van der Waals surface area (Å²) in [6.45, 7) is -0.398. The molecule has 0 fully saturated rings. The molecule has 0 saturated carbocycles. The Bertz CT molecular complexity index is 854. The van der Waals surface area contributed by atoms with E-state index < -0.39 is 11.9 Å². The van der Waals surface area contributed by atoms with Crippen LogP contribution in [0.3, 0.4) is 0 Å². The highest BCUT2D eigenvalue weighted by atomic mass is 35.5. The number of nitrogens with one attached hydrogen (secondary N) is 1. The van der Waals surface area contributed by atoms with Crippen molar-refractivity contribution in [2.24, 2.45) is 0 Å². The Hall–Kier alpha value is -2.24. The van der Waals surface area contributed by atoms with E-state index in [9.17, 15) is 9.59 Å². The van der Waals surface area contributed by atoms with Crippen LogP contribution < -0.4 is 10.1 Å². The fourth-order valence-electron chi connectivity index (χ4n) is 2.88. The molecule has 0 bridgehead atoms. The van der Waals surface area contributed by atoms with E-state index in [0.717, 1.165) is 24.8 Å². The molecule has 0 spiro atoms. The third-order valence-electron chi connectivity index (χ3n) is 4.28. The topological polar surface area (TPSA) is 64.6 Å². The van der Waals surface area contributed by atoms with Gasteiger partial charge in [0.2, 0.25) is 0 Å². The van der Waals surface area contributed by atoms with Gasteiger partial charge in [0.05, 0.1) is 0 Å². The van der Waals surface area contributed by atoms with Gasteiger partial charge in [-0.25, -0.2) is 4.79 Å². The van der Waals surface area contributed by atoms with Gasteiger partial charge in [0.15, 0.2) is 13.2 Å². The number of benzene rings is 2. The number of hydrogen-bond donors (Lipinski definition) is 1. The van der Waals surface area contributed by atoms with Crippen molar-refractivity contribution < 1.29 is 19.1 Å². The smallest absolute Gasteiger partial charge is 0.344 e. The summed E-state index contributed by atoms with van der Waals surface area (Å²) < 4.78 is 10.4. The summed E-state index contributed by atoms with van der Waals surface area (Å²) in [6.07, 6.45) is 3.28. The number of ether oxygens (including phenoxy) is 2. The van der Waals surface area contributed by atoms with Crippen molar-refractivity contribution in [1.29, 1.82) is 0 Å². The molecule has 0 saturated heterocycles. The van der Waals surface area contributed by atoms with Gasteiger partial charge >= 0.3 is 5.97 Å². The van der Waals surface area contributed by atoms with Gasteiger partial charge in [-0.05, 0) is 60.2 Å². The minimum atomic E-state index is -0.602. The standard InChI is InChI=1S/C20H19Cl2NO4/c21-16-6-4-15(18(22)9-16)10-23-19(24)11-27-20(25)12-26-17-7-5-13-2-1-3-14(13)8-17/h4-9H,1-3,10-12H2,(H,23,24). The summed E-state index contributed by atoms with van der Waals surface area (Å²) in [5.74, 6) is -0.392. The third kappa shape index (κ3) is 5.62. The minimum Gasteiger partial charge on any atom is -0.482 e. The number of carbonyl (C=O) groups is 2. The molecule has 1 N–H and O–H groups in total. The molecule has 0 unspecified atom stereocenters. The molecule has 2 aromatic rings. The van der Waals surface area contributed by atoms with Gasteiger partial charge in [-0.15, -0.1) is 0 Å². The molecule has 7 heteroatoms. The molecule has 3 rings (SSSR count). The zero-order valence-electron chi connectivity index (χ0n) is 14.6. The molecule has 5 nitrogen and oxygen atoms in total. The van der Waals surface area contributed by atoms with E-state index in [1.165, 1.54) is 11.1 Å². The lowest BCUT2D eigenvalue weighted by atomic mass is 10.1. The SMILES string of the molecule is O=C(COC(=O)COc1ccc2c(c1)CCC2)NCc1ccc(Cl)cc1Cl. The first-order chi connectivity index (χ1) is 13.0. The average molecular weight is 408 g/mol. The van der Waals surface area contributed by atoms with Crippen LogP contribution in [0.5, 0.6) is 5.75 Å². The van der Waals surface area contributed by atoms with Crippen LogP contribution in [0.2, 0.25) is 10.0 Å². The van der Waals surface area contributed by atoms with Gasteiger partial charge in [-0.3, -0.25) is 4.79 Å². The first-order valence-corrected chi connectivity index (χ1v) is 9.38. The lowest BCUT2D eigenvalue weighted by Gasteiger charge is -2.09. The summed E-state index contributed by atoms with van der Waals surface area (Å²) in [7, 11) is 0. The highest BCUT2D eigenvalue weighted by Crippen LogP contribution is 2.26. The van der Waals surface area contributed by atoms with E-state index in [1.807, 2.05) is 18.2 Å². The summed E-state index contributed by atoms with van der Waals surface area (Å²) >= 11 is 11.9. The van der Waals surface area contributed by atoms with Gasteiger partial charge in [-0.2, -0.15) is 0 Å². The molecular formula is C20H19Cl2NO4. The second kappa shape index (κ2) is 9.11. The second-order valence-corrected chi connectivity index (χ2v) is 7.09. The monoisotopic (exact) mass is 407 g/mol. The quantitative estimate of drug-likeness (QED) is 0.710. The van der Waals surface area contributed by atoms with Crippen molar-refractivity contribution in [2.45, 2.75) is 25.8 Å². The first kappa shape index (κ1) is 19.5. The van der Waals surface area contributed by atoms with E-state index in [0.29, 0.717) is 15.8 Å². The Morgan fingerprint density at radius 1 is 1.00 bits per heavy atom. The average Bonchev–Trinajstić information content (AvgIpc) is 3.11. The van der Waals surface area contributed by atoms with Crippen molar-refractivity contribution in [2.75, 3.05) is 13.2 Å². The lowest BCUT2D eigenvalue weighted by molar-refractivity contribution is -0.150. The fourth-order valence-corrected chi connectivity index (χ4v) is 3.35. The molecule has 0 atom stereocenters. The summed E-state index contributed by atoms with van der Waals surface area (Å²) in [5.41, 5.74) is 3.32. The molecule has 0 aromatic heterocycles. The van der Waals surface area contributed by atoms with Crippen molar-refractivity contribution >= 4 is 35.1 Å². The molecule has 0 heterocycles. The van der Waals surface area contributed by atoms with Crippen LogP contribution in [0, 0.1) is 0 Å². The normalized spacial score (nSPS) is 12.4. The van der Waals surface area contributed by atoms with E-state index in [4.69, 9.17) is 32.7 Å². The van der Waals surface area contributed by atoms with Gasteiger partial charge in [0.25, 0.3) is 5.91 Å². The molecule has 142 valence electrons. The van der Waals surface area contributed by atoms with Crippen molar-refractivity contribution in [3.05, 3.63) is 63.1 Å². The van der Waals surface area contributed by atoms with Gasteiger partial charge < -0.3 is 14.8 Å². The highest BCUT2D eigenvalue weighted by Gasteiger charge is 2.13. The maximum Gasteiger partial charge on any atom is 0.344 e. The van der Waals surface area contributed by atoms with E-state index in [2.05, 4.69) is 5.32 Å². The van der Waals surface area contributed by atoms with E-state index >= 15 is 0 Å². The molecule has 1 amide bonds. The molecular weight excluding hydrogens is 389 g/mol. The van der Waals surface area contributed by atoms with Crippen LogP contribution in [-0.4, -0.2) is 25.1 Å². The Balaban J connectivity index is 1.37. The number of aryl methyl sites for hydroxylation is 2. The number of fused-ring (bicyclic) bond motifs is 1. The fraction of sp³-hybridized carbons (Fsp3) is 0.300. The van der Waals surface area contributed by atoms with Crippen LogP contribution >= 0.6 is 23.2 Å². The van der Waals surface area contributed by atoms with E-state index in [1.54, 1.807) is 18.2 Å². The first-order valence-electron chi connectivity index (χ1n) is 8.62. The molecule has 2 aromatic carbocycles. The predicted molar refractivity (Wildman–Crippen MR) is 103 cm³/mol. The minimum absolute atomic E-state index is 0.220. The molecule has 0 radical (unpaired) electrons. The largest absolute Gasteiger partial charge is 0.482 e. The number of carbonyl (C=O) groups excluding carboxylic acids is 2. The van der Waals surface area contributed by atoms with E-state index in [-0.39, 0.29) is 19.8 Å². The van der Waals surface area contributed by atoms with Crippen molar-refractivity contribution in [3.63, 3.8) is 0 Å².